The van der Waals surface area contributed by atoms with Gasteiger partial charge in [0.05, 0.1) is 11.8 Å². The Morgan fingerprint density at radius 1 is 1.27 bits per heavy atom. The van der Waals surface area contributed by atoms with E-state index in [2.05, 4.69) is 15.5 Å². The molecule has 0 spiro atoms. The molecule has 116 valence electrons. The number of carbonyl (C=O) groups is 3. The highest BCUT2D eigenvalue weighted by molar-refractivity contribution is 7.15. The Bertz CT molecular complexity index is 628. The number of hydrogen-bond donors (Lipinski definition) is 1. The molecule has 1 N–H and O–H groups in total. The van der Waals surface area contributed by atoms with Gasteiger partial charge in [-0.1, -0.05) is 23.5 Å². The molecule has 2 atom stereocenters. The molecule has 8 heteroatoms. The van der Waals surface area contributed by atoms with E-state index >= 15 is 0 Å². The normalized spacial score (nSPS) is 23.8. The third-order valence-corrected chi connectivity index (χ3v) is 4.69. The summed E-state index contributed by atoms with van der Waals surface area (Å²) in [5.41, 5.74) is 0. The molecule has 0 bridgehead atoms. The van der Waals surface area contributed by atoms with Crippen molar-refractivity contribution in [3.05, 3.63) is 17.2 Å². The van der Waals surface area contributed by atoms with E-state index in [1.54, 1.807) is 6.92 Å². The molecular weight excluding hydrogens is 304 g/mol. The van der Waals surface area contributed by atoms with Crippen molar-refractivity contribution in [1.29, 1.82) is 0 Å². The predicted octanol–water partition coefficient (Wildman–Crippen LogP) is 1.13. The third kappa shape index (κ3) is 2.78. The maximum Gasteiger partial charge on any atom is 0.233 e. The molecule has 0 unspecified atom stereocenters. The molecule has 0 saturated carbocycles. The molecule has 3 amide bonds. The van der Waals surface area contributed by atoms with Crippen LogP contribution >= 0.6 is 11.3 Å². The molecule has 2 aliphatic rings. The Morgan fingerprint density at radius 3 is 2.45 bits per heavy atom. The number of amides is 3. The van der Waals surface area contributed by atoms with Crippen LogP contribution in [-0.2, 0) is 14.4 Å². The van der Waals surface area contributed by atoms with Gasteiger partial charge in [0.15, 0.2) is 0 Å². The van der Waals surface area contributed by atoms with Crippen LogP contribution in [0.1, 0.15) is 24.3 Å². The van der Waals surface area contributed by atoms with Gasteiger partial charge >= 0.3 is 0 Å². The maximum absolute atomic E-state index is 12.2. The van der Waals surface area contributed by atoms with Gasteiger partial charge in [-0.15, -0.1) is 10.2 Å². The van der Waals surface area contributed by atoms with Gasteiger partial charge in [-0.3, -0.25) is 19.3 Å². The van der Waals surface area contributed by atoms with Crippen LogP contribution < -0.4 is 5.32 Å². The van der Waals surface area contributed by atoms with Crippen LogP contribution in [-0.4, -0.2) is 39.4 Å². The molecule has 0 aromatic carbocycles. The summed E-state index contributed by atoms with van der Waals surface area (Å²) in [6.07, 6.45) is 5.19. The number of nitrogens with zero attached hydrogens (tertiary/aromatic N) is 3. The van der Waals surface area contributed by atoms with Crippen molar-refractivity contribution in [2.45, 2.75) is 26.2 Å². The zero-order valence-corrected chi connectivity index (χ0v) is 12.9. The smallest absolute Gasteiger partial charge is 0.233 e. The summed E-state index contributed by atoms with van der Waals surface area (Å²) in [6.45, 7) is 1.92. The lowest BCUT2D eigenvalue weighted by atomic mass is 9.85. The van der Waals surface area contributed by atoms with Gasteiger partial charge in [0.25, 0.3) is 0 Å². The SMILES string of the molecule is Cc1nnc(NC(=O)CCN2C(=O)[C@H]3CC=CC[C@H]3C2=O)s1. The second-order valence-corrected chi connectivity index (χ2v) is 6.59. The molecule has 0 radical (unpaired) electrons. The fourth-order valence-corrected chi connectivity index (χ4v) is 3.44. The first-order valence-electron chi connectivity index (χ1n) is 7.16. The fourth-order valence-electron chi connectivity index (χ4n) is 2.83. The van der Waals surface area contributed by atoms with E-state index in [4.69, 9.17) is 0 Å². The maximum atomic E-state index is 12.2. The van der Waals surface area contributed by atoms with E-state index in [1.165, 1.54) is 16.2 Å². The van der Waals surface area contributed by atoms with Crippen molar-refractivity contribution in [2.75, 3.05) is 11.9 Å². The van der Waals surface area contributed by atoms with E-state index in [0.717, 1.165) is 5.01 Å². The molecular formula is C14H16N4O3S. The second-order valence-electron chi connectivity index (χ2n) is 5.41. The van der Waals surface area contributed by atoms with E-state index in [9.17, 15) is 14.4 Å². The Morgan fingerprint density at radius 2 is 1.91 bits per heavy atom. The first-order valence-corrected chi connectivity index (χ1v) is 7.98. The largest absolute Gasteiger partial charge is 0.300 e. The Labute approximate surface area is 131 Å². The fraction of sp³-hybridized carbons (Fsp3) is 0.500. The zero-order chi connectivity index (χ0) is 15.7. The summed E-state index contributed by atoms with van der Waals surface area (Å²) in [4.78, 5) is 37.6. The van der Waals surface area contributed by atoms with Crippen LogP contribution in [0.4, 0.5) is 5.13 Å². The van der Waals surface area contributed by atoms with Crippen molar-refractivity contribution in [3.8, 4) is 0 Å². The number of imide groups is 1. The highest BCUT2D eigenvalue weighted by Crippen LogP contribution is 2.35. The summed E-state index contributed by atoms with van der Waals surface area (Å²) in [5.74, 6) is -1.07. The van der Waals surface area contributed by atoms with Crippen molar-refractivity contribution in [1.82, 2.24) is 15.1 Å². The molecule has 1 aliphatic heterocycles. The third-order valence-electron chi connectivity index (χ3n) is 3.93. The molecule has 2 heterocycles. The van der Waals surface area contributed by atoms with Crippen LogP contribution in [0.15, 0.2) is 12.2 Å². The predicted molar refractivity (Wildman–Crippen MR) is 80.0 cm³/mol. The summed E-state index contributed by atoms with van der Waals surface area (Å²) in [5, 5.41) is 11.4. The number of carbonyl (C=O) groups excluding carboxylic acids is 3. The Balaban J connectivity index is 1.56. The lowest BCUT2D eigenvalue weighted by molar-refractivity contribution is -0.140. The minimum atomic E-state index is -0.273. The lowest BCUT2D eigenvalue weighted by Crippen LogP contribution is -2.34. The van der Waals surface area contributed by atoms with Gasteiger partial charge in [0.2, 0.25) is 22.9 Å². The van der Waals surface area contributed by atoms with Crippen molar-refractivity contribution in [3.63, 3.8) is 0 Å². The van der Waals surface area contributed by atoms with Crippen LogP contribution in [0.3, 0.4) is 0 Å². The van der Waals surface area contributed by atoms with Gasteiger partial charge in [-0.05, 0) is 19.8 Å². The number of rotatable bonds is 4. The molecule has 1 aliphatic carbocycles. The average Bonchev–Trinajstić information content (AvgIpc) is 3.01. The van der Waals surface area contributed by atoms with Gasteiger partial charge < -0.3 is 5.32 Å². The first kappa shape index (κ1) is 14.8. The van der Waals surface area contributed by atoms with Gasteiger partial charge in [0, 0.05) is 13.0 Å². The molecule has 1 saturated heterocycles. The topological polar surface area (TPSA) is 92.3 Å². The van der Waals surface area contributed by atoms with E-state index in [-0.39, 0.29) is 42.5 Å². The minimum Gasteiger partial charge on any atom is -0.300 e. The highest BCUT2D eigenvalue weighted by atomic mass is 32.1. The molecule has 1 aromatic heterocycles. The summed E-state index contributed by atoms with van der Waals surface area (Å²) >= 11 is 1.28. The molecule has 22 heavy (non-hydrogen) atoms. The monoisotopic (exact) mass is 320 g/mol. The number of aromatic nitrogens is 2. The Hall–Kier alpha value is -2.09. The first-order chi connectivity index (χ1) is 10.6. The second kappa shape index (κ2) is 5.96. The number of nitrogens with one attached hydrogen (secondary N) is 1. The van der Waals surface area contributed by atoms with Gasteiger partial charge in [0.1, 0.15) is 5.01 Å². The van der Waals surface area contributed by atoms with Crippen LogP contribution in [0.5, 0.6) is 0 Å². The van der Waals surface area contributed by atoms with Gasteiger partial charge in [-0.2, -0.15) is 0 Å². The van der Waals surface area contributed by atoms with Gasteiger partial charge in [-0.25, -0.2) is 0 Å². The molecule has 1 fully saturated rings. The van der Waals surface area contributed by atoms with E-state index in [1.807, 2.05) is 12.2 Å². The Kier molecular flexibility index (Phi) is 4.02. The summed E-state index contributed by atoms with van der Waals surface area (Å²) in [7, 11) is 0. The molecule has 1 aromatic rings. The molecule has 7 nitrogen and oxygen atoms in total. The summed E-state index contributed by atoms with van der Waals surface area (Å²) in [6, 6.07) is 0. The number of likely N-dealkylation sites (tertiary alicyclic amines) is 1. The van der Waals surface area contributed by atoms with Crippen LogP contribution in [0, 0.1) is 18.8 Å². The number of hydrogen-bond acceptors (Lipinski definition) is 6. The van der Waals surface area contributed by atoms with Crippen LogP contribution in [0.2, 0.25) is 0 Å². The number of anilines is 1. The minimum absolute atomic E-state index is 0.0724. The number of allylic oxidation sites excluding steroid dienone is 2. The average molecular weight is 320 g/mol. The van der Waals surface area contributed by atoms with E-state index < -0.39 is 0 Å². The summed E-state index contributed by atoms with van der Waals surface area (Å²) < 4.78 is 0. The lowest BCUT2D eigenvalue weighted by Gasteiger charge is -2.14. The van der Waals surface area contributed by atoms with Crippen molar-refractivity contribution >= 4 is 34.2 Å². The van der Waals surface area contributed by atoms with Crippen molar-refractivity contribution in [2.24, 2.45) is 11.8 Å². The highest BCUT2D eigenvalue weighted by Gasteiger charge is 2.46. The van der Waals surface area contributed by atoms with E-state index in [0.29, 0.717) is 18.0 Å². The number of aryl methyl sites for hydroxylation is 1. The zero-order valence-electron chi connectivity index (χ0n) is 12.1. The van der Waals surface area contributed by atoms with Crippen molar-refractivity contribution < 1.29 is 14.4 Å². The van der Waals surface area contributed by atoms with Crippen LogP contribution in [0.25, 0.3) is 0 Å². The molecule has 3 rings (SSSR count). The number of fused-ring (bicyclic) bond motifs is 1. The quantitative estimate of drug-likeness (QED) is 0.663. The standard InChI is InChI=1S/C14H16N4O3S/c1-8-16-17-14(22-8)15-11(19)6-7-18-12(20)9-4-2-3-5-10(9)13(18)21/h2-3,9-10H,4-7H2,1H3,(H,15,17,19)/t9-,10+.